The van der Waals surface area contributed by atoms with E-state index in [0.29, 0.717) is 11.5 Å². The summed E-state index contributed by atoms with van der Waals surface area (Å²) in [7, 11) is 0. The van der Waals surface area contributed by atoms with Gasteiger partial charge in [-0.2, -0.15) is 0 Å². The van der Waals surface area contributed by atoms with Crippen molar-refractivity contribution in [3.05, 3.63) is 22.2 Å². The first-order valence-corrected chi connectivity index (χ1v) is 4.99. The molecule has 1 aliphatic rings. The summed E-state index contributed by atoms with van der Waals surface area (Å²) in [6.45, 7) is 0.405. The van der Waals surface area contributed by atoms with Gasteiger partial charge in [0.2, 0.25) is 6.79 Å². The Kier molecular flexibility index (Phi) is 2.62. The Balaban J connectivity index is 2.42. The van der Waals surface area contributed by atoms with Crippen LogP contribution in [0.5, 0.6) is 11.5 Å². The summed E-state index contributed by atoms with van der Waals surface area (Å²) in [5.41, 5.74) is 6.09. The average Bonchev–Trinajstić information content (AvgIpc) is 2.62. The SMILES string of the molecule is NC[C@@H](O)c1cc2c(cc1Br)OCO2. The van der Waals surface area contributed by atoms with Crippen LogP contribution in [0.15, 0.2) is 16.6 Å². The van der Waals surface area contributed by atoms with Crippen LogP contribution in [0.1, 0.15) is 11.7 Å². The number of rotatable bonds is 2. The maximum absolute atomic E-state index is 9.59. The Morgan fingerprint density at radius 2 is 2.07 bits per heavy atom. The molecule has 0 fully saturated rings. The van der Waals surface area contributed by atoms with Crippen molar-refractivity contribution in [2.75, 3.05) is 13.3 Å². The van der Waals surface area contributed by atoms with Crippen LogP contribution < -0.4 is 15.2 Å². The summed E-state index contributed by atoms with van der Waals surface area (Å²) in [6, 6.07) is 3.51. The molecule has 1 atom stereocenters. The lowest BCUT2D eigenvalue weighted by atomic mass is 10.1. The minimum atomic E-state index is -0.682. The van der Waals surface area contributed by atoms with Crippen molar-refractivity contribution in [2.45, 2.75) is 6.10 Å². The first-order valence-electron chi connectivity index (χ1n) is 4.19. The largest absolute Gasteiger partial charge is 0.454 e. The van der Waals surface area contributed by atoms with Crippen molar-refractivity contribution in [3.63, 3.8) is 0 Å². The number of hydrogen-bond donors (Lipinski definition) is 2. The van der Waals surface area contributed by atoms with E-state index in [4.69, 9.17) is 15.2 Å². The van der Waals surface area contributed by atoms with Gasteiger partial charge in [0.25, 0.3) is 0 Å². The van der Waals surface area contributed by atoms with Gasteiger partial charge in [-0.15, -0.1) is 0 Å². The molecule has 0 saturated carbocycles. The Morgan fingerprint density at radius 3 is 2.71 bits per heavy atom. The lowest BCUT2D eigenvalue weighted by Crippen LogP contribution is -2.11. The van der Waals surface area contributed by atoms with E-state index < -0.39 is 6.10 Å². The van der Waals surface area contributed by atoms with E-state index in [9.17, 15) is 5.11 Å². The molecule has 3 N–H and O–H groups in total. The van der Waals surface area contributed by atoms with Gasteiger partial charge in [0.05, 0.1) is 6.10 Å². The van der Waals surface area contributed by atoms with E-state index >= 15 is 0 Å². The summed E-state index contributed by atoms with van der Waals surface area (Å²) in [5, 5.41) is 9.59. The van der Waals surface area contributed by atoms with E-state index in [-0.39, 0.29) is 13.3 Å². The van der Waals surface area contributed by atoms with Crippen LogP contribution >= 0.6 is 15.9 Å². The molecule has 0 amide bonds. The standard InChI is InChI=1S/C9H10BrNO3/c10-6-2-9-8(13-4-14-9)1-5(6)7(12)3-11/h1-2,7,12H,3-4,11H2/t7-/m1/s1. The number of hydrogen-bond acceptors (Lipinski definition) is 4. The van der Waals surface area contributed by atoms with Gasteiger partial charge in [-0.1, -0.05) is 15.9 Å². The van der Waals surface area contributed by atoms with E-state index in [1.54, 1.807) is 12.1 Å². The first kappa shape index (κ1) is 9.76. The molecular formula is C9H10BrNO3. The molecular weight excluding hydrogens is 250 g/mol. The highest BCUT2D eigenvalue weighted by Gasteiger charge is 2.19. The van der Waals surface area contributed by atoms with Crippen LogP contribution in [0.25, 0.3) is 0 Å². The van der Waals surface area contributed by atoms with Gasteiger partial charge in [0.1, 0.15) is 0 Å². The Morgan fingerprint density at radius 1 is 1.43 bits per heavy atom. The molecule has 14 heavy (non-hydrogen) atoms. The fourth-order valence-corrected chi connectivity index (χ4v) is 1.90. The van der Waals surface area contributed by atoms with Crippen LogP contribution in [-0.4, -0.2) is 18.4 Å². The molecule has 1 aliphatic heterocycles. The molecule has 0 unspecified atom stereocenters. The predicted octanol–water partition coefficient (Wildman–Crippen LogP) is 1.17. The zero-order valence-electron chi connectivity index (χ0n) is 7.37. The van der Waals surface area contributed by atoms with E-state index in [1.165, 1.54) is 0 Å². The zero-order chi connectivity index (χ0) is 10.1. The Labute approximate surface area is 89.7 Å². The van der Waals surface area contributed by atoms with Crippen molar-refractivity contribution in [3.8, 4) is 11.5 Å². The van der Waals surface area contributed by atoms with Gasteiger partial charge in [-0.3, -0.25) is 0 Å². The summed E-state index contributed by atoms with van der Waals surface area (Å²) < 4.78 is 11.2. The van der Waals surface area contributed by atoms with E-state index in [2.05, 4.69) is 15.9 Å². The molecule has 1 aromatic rings. The molecule has 0 aromatic heterocycles. The second-order valence-corrected chi connectivity index (χ2v) is 3.83. The molecule has 0 bridgehead atoms. The quantitative estimate of drug-likeness (QED) is 0.837. The normalized spacial score (nSPS) is 15.6. The van der Waals surface area contributed by atoms with Crippen molar-refractivity contribution >= 4 is 15.9 Å². The lowest BCUT2D eigenvalue weighted by molar-refractivity contribution is 0.172. The summed E-state index contributed by atoms with van der Waals surface area (Å²) in [4.78, 5) is 0. The van der Waals surface area contributed by atoms with Gasteiger partial charge in [-0.25, -0.2) is 0 Å². The van der Waals surface area contributed by atoms with Crippen LogP contribution in [0.2, 0.25) is 0 Å². The smallest absolute Gasteiger partial charge is 0.231 e. The monoisotopic (exact) mass is 259 g/mol. The molecule has 0 spiro atoms. The summed E-state index contributed by atoms with van der Waals surface area (Å²) in [6.07, 6.45) is -0.682. The molecule has 1 heterocycles. The van der Waals surface area contributed by atoms with Crippen LogP contribution in [-0.2, 0) is 0 Å². The number of aliphatic hydroxyl groups excluding tert-OH is 1. The number of halogens is 1. The molecule has 1 aromatic carbocycles. The predicted molar refractivity (Wildman–Crippen MR) is 54.3 cm³/mol. The first-order chi connectivity index (χ1) is 6.72. The second-order valence-electron chi connectivity index (χ2n) is 2.98. The third-order valence-electron chi connectivity index (χ3n) is 2.07. The van der Waals surface area contributed by atoms with Crippen molar-refractivity contribution in [1.82, 2.24) is 0 Å². The van der Waals surface area contributed by atoms with E-state index in [0.717, 1.165) is 10.0 Å². The lowest BCUT2D eigenvalue weighted by Gasteiger charge is -2.11. The number of aliphatic hydroxyl groups is 1. The third-order valence-corrected chi connectivity index (χ3v) is 2.76. The molecule has 76 valence electrons. The highest BCUT2D eigenvalue weighted by atomic mass is 79.9. The average molecular weight is 260 g/mol. The number of benzene rings is 1. The molecule has 2 rings (SSSR count). The molecule has 0 radical (unpaired) electrons. The van der Waals surface area contributed by atoms with Crippen LogP contribution in [0.3, 0.4) is 0 Å². The van der Waals surface area contributed by atoms with Gasteiger partial charge in [-0.05, 0) is 17.7 Å². The number of fused-ring (bicyclic) bond motifs is 1. The zero-order valence-corrected chi connectivity index (χ0v) is 8.95. The summed E-state index contributed by atoms with van der Waals surface area (Å²) >= 11 is 3.34. The van der Waals surface area contributed by atoms with Gasteiger partial charge in [0.15, 0.2) is 11.5 Å². The third kappa shape index (κ3) is 1.58. The fraction of sp³-hybridized carbons (Fsp3) is 0.333. The van der Waals surface area contributed by atoms with Gasteiger partial charge >= 0.3 is 0 Å². The molecule has 0 aliphatic carbocycles. The van der Waals surface area contributed by atoms with E-state index in [1.807, 2.05) is 0 Å². The minimum Gasteiger partial charge on any atom is -0.454 e. The van der Waals surface area contributed by atoms with Crippen molar-refractivity contribution < 1.29 is 14.6 Å². The number of ether oxygens (including phenoxy) is 2. The van der Waals surface area contributed by atoms with Crippen molar-refractivity contribution in [2.24, 2.45) is 5.73 Å². The topological polar surface area (TPSA) is 64.7 Å². The molecule has 4 nitrogen and oxygen atoms in total. The molecule has 0 saturated heterocycles. The van der Waals surface area contributed by atoms with Gasteiger partial charge in [0, 0.05) is 11.0 Å². The summed E-state index contributed by atoms with van der Waals surface area (Å²) in [5.74, 6) is 1.33. The highest BCUT2D eigenvalue weighted by Crippen LogP contribution is 2.38. The Hall–Kier alpha value is -0.780. The van der Waals surface area contributed by atoms with Crippen LogP contribution in [0.4, 0.5) is 0 Å². The maximum Gasteiger partial charge on any atom is 0.231 e. The highest BCUT2D eigenvalue weighted by molar-refractivity contribution is 9.10. The number of nitrogens with two attached hydrogens (primary N) is 1. The molecule has 5 heteroatoms. The maximum atomic E-state index is 9.59. The van der Waals surface area contributed by atoms with Crippen LogP contribution in [0, 0.1) is 0 Å². The van der Waals surface area contributed by atoms with Crippen molar-refractivity contribution in [1.29, 1.82) is 0 Å². The Bertz CT molecular complexity index is 356. The minimum absolute atomic E-state index is 0.179. The second kappa shape index (κ2) is 3.76. The van der Waals surface area contributed by atoms with Gasteiger partial charge < -0.3 is 20.3 Å². The fourth-order valence-electron chi connectivity index (χ4n) is 1.32.